The number of pyridine rings is 1. The summed E-state index contributed by atoms with van der Waals surface area (Å²) >= 11 is 1.65. The Labute approximate surface area is 112 Å². The van der Waals surface area contributed by atoms with Gasteiger partial charge in [0, 0.05) is 11.9 Å². The third-order valence-corrected chi connectivity index (χ3v) is 3.36. The third kappa shape index (κ3) is 5.06. The molecule has 1 N–H and O–H groups in total. The van der Waals surface area contributed by atoms with Gasteiger partial charge in [-0.25, -0.2) is 4.79 Å². The van der Waals surface area contributed by atoms with Gasteiger partial charge in [0.2, 0.25) is 0 Å². The highest BCUT2D eigenvalue weighted by atomic mass is 32.2. The van der Waals surface area contributed by atoms with Crippen LogP contribution >= 0.6 is 11.8 Å². The first-order chi connectivity index (χ1) is 8.44. The third-order valence-electron chi connectivity index (χ3n) is 2.39. The number of ether oxygens (including phenoxy) is 1. The summed E-state index contributed by atoms with van der Waals surface area (Å²) in [6.45, 7) is 3.57. The van der Waals surface area contributed by atoms with Gasteiger partial charge in [-0.3, -0.25) is 4.98 Å². The summed E-state index contributed by atoms with van der Waals surface area (Å²) in [5.74, 6) is 1.10. The lowest BCUT2D eigenvalue weighted by Gasteiger charge is -2.16. The van der Waals surface area contributed by atoms with Crippen LogP contribution in [0.1, 0.15) is 36.3 Å². The van der Waals surface area contributed by atoms with Crippen molar-refractivity contribution in [3.63, 3.8) is 0 Å². The largest absolute Gasteiger partial charge is 0.465 e. The lowest BCUT2D eigenvalue weighted by molar-refractivity contribution is 0.0599. The minimum absolute atomic E-state index is 0.360. The lowest BCUT2D eigenvalue weighted by atomic mass is 10.1. The number of thioether (sulfide) groups is 1. The molecule has 0 unspecified atom stereocenters. The van der Waals surface area contributed by atoms with Gasteiger partial charge >= 0.3 is 5.97 Å². The number of aromatic nitrogens is 1. The van der Waals surface area contributed by atoms with Gasteiger partial charge in [-0.15, -0.1) is 0 Å². The fraction of sp³-hybridized carbons (Fsp3) is 0.538. The van der Waals surface area contributed by atoms with Gasteiger partial charge in [0.05, 0.1) is 24.0 Å². The van der Waals surface area contributed by atoms with Gasteiger partial charge in [0.1, 0.15) is 0 Å². The number of rotatable bonds is 6. The molecule has 0 bridgehead atoms. The average Bonchev–Trinajstić information content (AvgIpc) is 2.33. The normalized spacial score (nSPS) is 11.3. The first kappa shape index (κ1) is 15.0. The maximum absolute atomic E-state index is 11.5. The van der Waals surface area contributed by atoms with Crippen LogP contribution < -0.4 is 0 Å². The van der Waals surface area contributed by atoms with Crippen molar-refractivity contribution >= 4 is 17.7 Å². The van der Waals surface area contributed by atoms with E-state index in [1.54, 1.807) is 43.9 Å². The van der Waals surface area contributed by atoms with Crippen molar-refractivity contribution in [1.82, 2.24) is 4.98 Å². The highest BCUT2D eigenvalue weighted by Crippen LogP contribution is 2.18. The molecule has 0 atom stereocenters. The second kappa shape index (κ2) is 6.75. The van der Waals surface area contributed by atoms with Crippen LogP contribution in [0.2, 0.25) is 0 Å². The summed E-state index contributed by atoms with van der Waals surface area (Å²) in [6, 6.07) is 3.43. The molecule has 18 heavy (non-hydrogen) atoms. The molecule has 0 fully saturated rings. The van der Waals surface area contributed by atoms with Crippen molar-refractivity contribution in [3.05, 3.63) is 29.6 Å². The zero-order chi connectivity index (χ0) is 13.6. The number of methoxy groups -OCH3 is 1. The Morgan fingerprint density at radius 1 is 1.56 bits per heavy atom. The molecule has 0 saturated carbocycles. The molecule has 0 aliphatic rings. The Kier molecular flexibility index (Phi) is 5.62. The number of esters is 1. The predicted molar refractivity (Wildman–Crippen MR) is 72.7 cm³/mol. The smallest absolute Gasteiger partial charge is 0.339 e. The Balaban J connectivity index is 2.54. The number of aliphatic hydroxyl groups is 1. The van der Waals surface area contributed by atoms with Crippen LogP contribution in [0.5, 0.6) is 0 Å². The topological polar surface area (TPSA) is 59.4 Å². The maximum atomic E-state index is 11.5. The van der Waals surface area contributed by atoms with E-state index in [2.05, 4.69) is 4.98 Å². The summed E-state index contributed by atoms with van der Waals surface area (Å²) < 4.78 is 4.71. The molecule has 5 heteroatoms. The van der Waals surface area contributed by atoms with Crippen LogP contribution in [-0.4, -0.2) is 34.5 Å². The number of hydrogen-bond acceptors (Lipinski definition) is 5. The molecule has 1 heterocycles. The molecule has 100 valence electrons. The minimum atomic E-state index is -0.651. The van der Waals surface area contributed by atoms with Crippen LogP contribution in [0.4, 0.5) is 0 Å². The summed E-state index contributed by atoms with van der Waals surface area (Å²) in [7, 11) is 1.36. The first-order valence-electron chi connectivity index (χ1n) is 5.76. The quantitative estimate of drug-likeness (QED) is 0.634. The highest BCUT2D eigenvalue weighted by Gasteiger charge is 2.14. The SMILES string of the molecule is COC(=O)c1cccnc1CSCCC(C)(C)O. The molecule has 0 aliphatic heterocycles. The zero-order valence-electron chi connectivity index (χ0n) is 11.0. The summed E-state index contributed by atoms with van der Waals surface area (Å²) in [4.78, 5) is 15.7. The molecular weight excluding hydrogens is 250 g/mol. The fourth-order valence-electron chi connectivity index (χ4n) is 1.34. The van der Waals surface area contributed by atoms with E-state index in [9.17, 15) is 9.90 Å². The van der Waals surface area contributed by atoms with E-state index in [-0.39, 0.29) is 5.97 Å². The molecule has 1 aromatic rings. The Bertz CT molecular complexity index is 401. The molecular formula is C13H19NO3S. The van der Waals surface area contributed by atoms with E-state index in [1.807, 2.05) is 0 Å². The fourth-order valence-corrected chi connectivity index (χ4v) is 2.55. The Hall–Kier alpha value is -1.07. The zero-order valence-corrected chi connectivity index (χ0v) is 11.8. The second-order valence-corrected chi connectivity index (χ2v) is 5.71. The summed E-state index contributed by atoms with van der Waals surface area (Å²) in [6.07, 6.45) is 2.37. The maximum Gasteiger partial charge on any atom is 0.339 e. The number of carbonyl (C=O) groups excluding carboxylic acids is 1. The van der Waals surface area contributed by atoms with Crippen molar-refractivity contribution in [2.45, 2.75) is 31.6 Å². The number of carbonyl (C=O) groups is 1. The molecule has 0 saturated heterocycles. The molecule has 4 nitrogen and oxygen atoms in total. The highest BCUT2D eigenvalue weighted by molar-refractivity contribution is 7.98. The average molecular weight is 269 g/mol. The van der Waals surface area contributed by atoms with Gasteiger partial charge in [0.15, 0.2) is 0 Å². The standard InChI is InChI=1S/C13H19NO3S/c1-13(2,16)6-8-18-9-11-10(12(15)17-3)5-4-7-14-11/h4-5,7,16H,6,8-9H2,1-3H3. The van der Waals surface area contributed by atoms with Crippen LogP contribution in [0.15, 0.2) is 18.3 Å². The van der Waals surface area contributed by atoms with Crippen molar-refractivity contribution in [3.8, 4) is 0 Å². The van der Waals surface area contributed by atoms with Crippen LogP contribution in [0, 0.1) is 0 Å². The Morgan fingerprint density at radius 3 is 2.89 bits per heavy atom. The van der Waals surface area contributed by atoms with E-state index >= 15 is 0 Å². The number of nitrogens with zero attached hydrogens (tertiary/aromatic N) is 1. The minimum Gasteiger partial charge on any atom is -0.465 e. The summed E-state index contributed by atoms with van der Waals surface area (Å²) in [5.41, 5.74) is 0.586. The van der Waals surface area contributed by atoms with Crippen LogP contribution in [0.25, 0.3) is 0 Å². The molecule has 1 rings (SSSR count). The predicted octanol–water partition coefficient (Wildman–Crippen LogP) is 2.26. The van der Waals surface area contributed by atoms with E-state index in [0.29, 0.717) is 17.7 Å². The second-order valence-electron chi connectivity index (χ2n) is 4.60. The number of hydrogen-bond donors (Lipinski definition) is 1. The monoisotopic (exact) mass is 269 g/mol. The van der Waals surface area contributed by atoms with Crippen molar-refractivity contribution in [2.75, 3.05) is 12.9 Å². The van der Waals surface area contributed by atoms with E-state index in [1.165, 1.54) is 7.11 Å². The van der Waals surface area contributed by atoms with Gasteiger partial charge < -0.3 is 9.84 Å². The Morgan fingerprint density at radius 2 is 2.28 bits per heavy atom. The van der Waals surface area contributed by atoms with Crippen LogP contribution in [0.3, 0.4) is 0 Å². The van der Waals surface area contributed by atoms with Gasteiger partial charge in [-0.05, 0) is 38.2 Å². The van der Waals surface area contributed by atoms with Crippen molar-refractivity contribution in [1.29, 1.82) is 0 Å². The van der Waals surface area contributed by atoms with Crippen molar-refractivity contribution in [2.24, 2.45) is 0 Å². The van der Waals surface area contributed by atoms with Crippen molar-refractivity contribution < 1.29 is 14.6 Å². The lowest BCUT2D eigenvalue weighted by Crippen LogP contribution is -2.19. The van der Waals surface area contributed by atoms with E-state index in [0.717, 1.165) is 11.4 Å². The first-order valence-corrected chi connectivity index (χ1v) is 6.92. The van der Waals surface area contributed by atoms with Crippen LogP contribution in [-0.2, 0) is 10.5 Å². The van der Waals surface area contributed by atoms with E-state index < -0.39 is 5.60 Å². The molecule has 0 radical (unpaired) electrons. The van der Waals surface area contributed by atoms with E-state index in [4.69, 9.17) is 4.74 Å². The molecule has 1 aromatic heterocycles. The molecule has 0 aromatic carbocycles. The van der Waals surface area contributed by atoms with Gasteiger partial charge in [-0.2, -0.15) is 11.8 Å². The van der Waals surface area contributed by atoms with Gasteiger partial charge in [-0.1, -0.05) is 0 Å². The summed E-state index contributed by atoms with van der Waals surface area (Å²) in [5, 5.41) is 9.59. The van der Waals surface area contributed by atoms with Gasteiger partial charge in [0.25, 0.3) is 0 Å². The molecule has 0 spiro atoms. The molecule has 0 amide bonds. The molecule has 0 aliphatic carbocycles.